The van der Waals surface area contributed by atoms with Gasteiger partial charge >= 0.3 is 12.0 Å². The lowest BCUT2D eigenvalue weighted by Crippen LogP contribution is -2.28. The zero-order valence-corrected chi connectivity index (χ0v) is 12.4. The van der Waals surface area contributed by atoms with Crippen molar-refractivity contribution in [2.45, 2.75) is 19.9 Å². The highest BCUT2D eigenvalue weighted by Crippen LogP contribution is 2.13. The van der Waals surface area contributed by atoms with E-state index in [9.17, 15) is 9.59 Å². The molecule has 1 aromatic heterocycles. The number of aryl methyl sites for hydroxylation is 1. The fourth-order valence-electron chi connectivity index (χ4n) is 1.80. The molecule has 0 saturated heterocycles. The van der Waals surface area contributed by atoms with Gasteiger partial charge in [-0.3, -0.25) is 4.79 Å². The molecule has 110 valence electrons. The molecule has 0 unspecified atom stereocenters. The Bertz CT molecular complexity index is 635. The number of nitrogens with one attached hydrogen (secondary N) is 2. The second-order valence-corrected chi connectivity index (χ2v) is 5.40. The maximum Gasteiger partial charge on any atom is 0.319 e. The highest BCUT2D eigenvalue weighted by Gasteiger charge is 2.05. The second kappa shape index (κ2) is 6.90. The molecule has 0 fully saturated rings. The molecule has 0 atom stereocenters. The monoisotopic (exact) mass is 304 g/mol. The topological polar surface area (TPSA) is 78.4 Å². The van der Waals surface area contributed by atoms with Gasteiger partial charge in [0, 0.05) is 12.2 Å². The van der Waals surface area contributed by atoms with Gasteiger partial charge in [-0.2, -0.15) is 11.3 Å². The van der Waals surface area contributed by atoms with E-state index in [1.807, 2.05) is 17.7 Å². The largest absolute Gasteiger partial charge is 0.481 e. The molecule has 0 radical (unpaired) electrons. The van der Waals surface area contributed by atoms with E-state index in [0.717, 1.165) is 5.56 Å². The molecule has 0 aliphatic carbocycles. The number of aliphatic carboxylic acids is 1. The Morgan fingerprint density at radius 2 is 1.90 bits per heavy atom. The summed E-state index contributed by atoms with van der Waals surface area (Å²) >= 11 is 1.61. The summed E-state index contributed by atoms with van der Waals surface area (Å²) in [5, 5.41) is 18.2. The highest BCUT2D eigenvalue weighted by atomic mass is 32.1. The Labute approximate surface area is 126 Å². The van der Waals surface area contributed by atoms with Crippen LogP contribution in [0, 0.1) is 6.92 Å². The number of amides is 2. The van der Waals surface area contributed by atoms with Gasteiger partial charge in [-0.1, -0.05) is 12.1 Å². The zero-order chi connectivity index (χ0) is 15.2. The Morgan fingerprint density at radius 1 is 1.19 bits per heavy atom. The molecule has 0 aliphatic rings. The van der Waals surface area contributed by atoms with Gasteiger partial charge in [0.15, 0.2) is 0 Å². The van der Waals surface area contributed by atoms with Crippen molar-refractivity contribution in [3.05, 3.63) is 51.7 Å². The summed E-state index contributed by atoms with van der Waals surface area (Å²) in [5.41, 5.74) is 3.59. The van der Waals surface area contributed by atoms with Crippen LogP contribution in [0.1, 0.15) is 16.7 Å². The van der Waals surface area contributed by atoms with Gasteiger partial charge in [0.2, 0.25) is 0 Å². The molecule has 5 nitrogen and oxygen atoms in total. The van der Waals surface area contributed by atoms with Gasteiger partial charge < -0.3 is 15.7 Å². The highest BCUT2D eigenvalue weighted by molar-refractivity contribution is 7.08. The van der Waals surface area contributed by atoms with E-state index in [4.69, 9.17) is 5.11 Å². The molecule has 0 spiro atoms. The van der Waals surface area contributed by atoms with Crippen LogP contribution in [0.25, 0.3) is 0 Å². The van der Waals surface area contributed by atoms with Gasteiger partial charge in [-0.15, -0.1) is 0 Å². The van der Waals surface area contributed by atoms with Crippen LogP contribution in [-0.2, 0) is 17.8 Å². The number of urea groups is 1. The van der Waals surface area contributed by atoms with Crippen molar-refractivity contribution in [1.82, 2.24) is 5.32 Å². The van der Waals surface area contributed by atoms with Crippen molar-refractivity contribution in [2.75, 3.05) is 5.32 Å². The van der Waals surface area contributed by atoms with Crippen molar-refractivity contribution < 1.29 is 14.7 Å². The van der Waals surface area contributed by atoms with Gasteiger partial charge in [0.25, 0.3) is 0 Å². The molecule has 2 aromatic rings. The van der Waals surface area contributed by atoms with E-state index in [-0.39, 0.29) is 12.5 Å². The summed E-state index contributed by atoms with van der Waals surface area (Å²) in [6.45, 7) is 2.49. The summed E-state index contributed by atoms with van der Waals surface area (Å²) < 4.78 is 0. The molecule has 2 amide bonds. The number of benzene rings is 1. The maximum absolute atomic E-state index is 11.8. The number of carbonyl (C=O) groups excluding carboxylic acids is 1. The first-order valence-corrected chi connectivity index (χ1v) is 7.36. The lowest BCUT2D eigenvalue weighted by molar-refractivity contribution is -0.136. The Kier molecular flexibility index (Phi) is 4.94. The van der Waals surface area contributed by atoms with Crippen LogP contribution >= 0.6 is 11.3 Å². The summed E-state index contributed by atoms with van der Waals surface area (Å²) in [5.74, 6) is -0.875. The first kappa shape index (κ1) is 15.1. The SMILES string of the molecule is Cc1cscc1CNC(=O)Nc1ccc(CC(=O)O)cc1. The van der Waals surface area contributed by atoms with Crippen molar-refractivity contribution in [2.24, 2.45) is 0 Å². The Hall–Kier alpha value is -2.34. The molecule has 1 heterocycles. The Balaban J connectivity index is 1.85. The van der Waals surface area contributed by atoms with E-state index in [1.54, 1.807) is 35.6 Å². The van der Waals surface area contributed by atoms with Crippen molar-refractivity contribution in [3.8, 4) is 0 Å². The predicted molar refractivity (Wildman–Crippen MR) is 82.7 cm³/mol. The van der Waals surface area contributed by atoms with Crippen LogP contribution in [0.5, 0.6) is 0 Å². The summed E-state index contributed by atoms with van der Waals surface area (Å²) in [6, 6.07) is 6.47. The van der Waals surface area contributed by atoms with Gasteiger partial charge in [-0.05, 0) is 46.5 Å². The molecule has 3 N–H and O–H groups in total. The number of hydrogen-bond acceptors (Lipinski definition) is 3. The number of carbonyl (C=O) groups is 2. The average Bonchev–Trinajstić information content (AvgIpc) is 2.84. The predicted octanol–water partition coefficient (Wildman–Crippen LogP) is 3.01. The smallest absolute Gasteiger partial charge is 0.319 e. The number of hydrogen-bond donors (Lipinski definition) is 3. The quantitative estimate of drug-likeness (QED) is 0.794. The third-order valence-corrected chi connectivity index (χ3v) is 3.88. The number of thiophene rings is 1. The minimum atomic E-state index is -0.875. The van der Waals surface area contributed by atoms with E-state index < -0.39 is 5.97 Å². The lowest BCUT2D eigenvalue weighted by atomic mass is 10.1. The molecule has 2 rings (SSSR count). The number of rotatable bonds is 5. The number of carboxylic acids is 1. The number of carboxylic acid groups (broad SMARTS) is 1. The average molecular weight is 304 g/mol. The van der Waals surface area contributed by atoms with Crippen LogP contribution < -0.4 is 10.6 Å². The third-order valence-electron chi connectivity index (χ3n) is 2.97. The van der Waals surface area contributed by atoms with E-state index in [1.165, 1.54) is 5.56 Å². The van der Waals surface area contributed by atoms with Gasteiger partial charge in [-0.25, -0.2) is 4.79 Å². The standard InChI is InChI=1S/C15H16N2O3S/c1-10-8-21-9-12(10)7-16-15(20)17-13-4-2-11(3-5-13)6-14(18)19/h2-5,8-9H,6-7H2,1H3,(H,18,19)(H2,16,17,20). The van der Waals surface area contributed by atoms with E-state index >= 15 is 0 Å². The molecule has 0 aliphatic heterocycles. The lowest BCUT2D eigenvalue weighted by Gasteiger charge is -2.08. The van der Waals surface area contributed by atoms with Gasteiger partial charge in [0.05, 0.1) is 6.42 Å². The molecule has 6 heteroatoms. The van der Waals surface area contributed by atoms with Crippen molar-refractivity contribution in [3.63, 3.8) is 0 Å². The van der Waals surface area contributed by atoms with E-state index in [2.05, 4.69) is 10.6 Å². The maximum atomic E-state index is 11.8. The van der Waals surface area contributed by atoms with Gasteiger partial charge in [0.1, 0.15) is 0 Å². The summed E-state index contributed by atoms with van der Waals surface area (Å²) in [4.78, 5) is 22.3. The first-order chi connectivity index (χ1) is 10.0. The molecule has 0 saturated carbocycles. The first-order valence-electron chi connectivity index (χ1n) is 6.42. The Morgan fingerprint density at radius 3 is 2.48 bits per heavy atom. The molecular weight excluding hydrogens is 288 g/mol. The van der Waals surface area contributed by atoms with Crippen molar-refractivity contribution in [1.29, 1.82) is 0 Å². The minimum absolute atomic E-state index is 0.0239. The van der Waals surface area contributed by atoms with Crippen LogP contribution in [0.3, 0.4) is 0 Å². The fraction of sp³-hybridized carbons (Fsp3) is 0.200. The third kappa shape index (κ3) is 4.61. The van der Waals surface area contributed by atoms with E-state index in [0.29, 0.717) is 17.8 Å². The van der Waals surface area contributed by atoms with Crippen molar-refractivity contribution >= 4 is 29.0 Å². The fourth-order valence-corrected chi connectivity index (χ4v) is 2.66. The normalized spacial score (nSPS) is 10.1. The second-order valence-electron chi connectivity index (χ2n) is 4.66. The summed E-state index contributed by atoms with van der Waals surface area (Å²) in [6.07, 6.45) is -0.0239. The number of anilines is 1. The molecule has 1 aromatic carbocycles. The van der Waals surface area contributed by atoms with Crippen LogP contribution in [0.15, 0.2) is 35.0 Å². The van der Waals surface area contributed by atoms with Crippen LogP contribution in [-0.4, -0.2) is 17.1 Å². The van der Waals surface area contributed by atoms with Crippen LogP contribution in [0.2, 0.25) is 0 Å². The molecular formula is C15H16N2O3S. The molecule has 0 bridgehead atoms. The van der Waals surface area contributed by atoms with Crippen LogP contribution in [0.4, 0.5) is 10.5 Å². The molecule has 21 heavy (non-hydrogen) atoms. The summed E-state index contributed by atoms with van der Waals surface area (Å²) in [7, 11) is 0. The minimum Gasteiger partial charge on any atom is -0.481 e. The zero-order valence-electron chi connectivity index (χ0n) is 11.6.